The lowest BCUT2D eigenvalue weighted by Gasteiger charge is -2.31. The number of amides is 2. The van der Waals surface area contributed by atoms with Gasteiger partial charge in [0, 0.05) is 45.3 Å². The van der Waals surface area contributed by atoms with Crippen LogP contribution in [-0.4, -0.2) is 71.9 Å². The number of nitrogens with zero attached hydrogens (tertiary/aromatic N) is 3. The molecule has 2 amide bonds. The van der Waals surface area contributed by atoms with E-state index in [9.17, 15) is 9.59 Å². The molecule has 1 aromatic heterocycles. The van der Waals surface area contributed by atoms with Gasteiger partial charge in [0.25, 0.3) is 0 Å². The fourth-order valence-corrected chi connectivity index (χ4v) is 3.56. The van der Waals surface area contributed by atoms with Gasteiger partial charge in [-0.1, -0.05) is 6.92 Å². The van der Waals surface area contributed by atoms with Gasteiger partial charge in [-0.05, 0) is 12.0 Å². The van der Waals surface area contributed by atoms with Crippen LogP contribution in [0.4, 0.5) is 0 Å². The Balaban J connectivity index is 1.63. The van der Waals surface area contributed by atoms with E-state index >= 15 is 0 Å². The Labute approximate surface area is 147 Å². The van der Waals surface area contributed by atoms with Crippen LogP contribution in [0.25, 0.3) is 0 Å². The van der Waals surface area contributed by atoms with E-state index in [-0.39, 0.29) is 23.7 Å². The number of morpholine rings is 1. The summed E-state index contributed by atoms with van der Waals surface area (Å²) in [6.45, 7) is 5.60. The zero-order valence-corrected chi connectivity index (χ0v) is 14.9. The third-order valence-corrected chi connectivity index (χ3v) is 5.05. The molecule has 0 aromatic carbocycles. The highest BCUT2D eigenvalue weighted by atomic mass is 16.5. The van der Waals surface area contributed by atoms with E-state index in [0.29, 0.717) is 39.3 Å². The van der Waals surface area contributed by atoms with Crippen molar-refractivity contribution in [2.24, 2.45) is 13.0 Å². The summed E-state index contributed by atoms with van der Waals surface area (Å²) in [5.74, 6) is -0.171. The summed E-state index contributed by atoms with van der Waals surface area (Å²) in [7, 11) is 1.87. The number of ether oxygens (including phenoxy) is 1. The molecule has 0 radical (unpaired) electrons. The predicted molar refractivity (Wildman–Crippen MR) is 91.9 cm³/mol. The normalized spacial score (nSPS) is 25.0. The first-order valence-electron chi connectivity index (χ1n) is 8.96. The van der Waals surface area contributed by atoms with Crippen molar-refractivity contribution in [3.05, 3.63) is 18.0 Å². The van der Waals surface area contributed by atoms with Crippen molar-refractivity contribution in [3.8, 4) is 0 Å². The molecule has 0 aliphatic carbocycles. The van der Waals surface area contributed by atoms with Gasteiger partial charge in [-0.25, -0.2) is 0 Å². The summed E-state index contributed by atoms with van der Waals surface area (Å²) in [5.41, 5.74) is 1.06. The Morgan fingerprint density at radius 3 is 2.80 bits per heavy atom. The standard InChI is InChI=1S/C17H27N5O3/c1-3-15(17(24)22-4-6-25-7-5-22)20-16(23)14-10-18-9-13(14)12-8-19-21(2)11-12/h8,11,13-15,18H,3-7,9-10H2,1-2H3,(H,20,23)/t13-,14+,15?/m1/s1. The van der Waals surface area contributed by atoms with Crippen molar-refractivity contribution in [2.45, 2.75) is 25.3 Å². The van der Waals surface area contributed by atoms with Crippen molar-refractivity contribution >= 4 is 11.8 Å². The molecule has 2 N–H and O–H groups in total. The highest BCUT2D eigenvalue weighted by Crippen LogP contribution is 2.28. The van der Waals surface area contributed by atoms with Crippen LogP contribution in [0, 0.1) is 5.92 Å². The summed E-state index contributed by atoms with van der Waals surface area (Å²) >= 11 is 0. The van der Waals surface area contributed by atoms with Gasteiger partial charge in [0.05, 0.1) is 25.3 Å². The molecular formula is C17H27N5O3. The van der Waals surface area contributed by atoms with Gasteiger partial charge in [-0.15, -0.1) is 0 Å². The molecule has 8 heteroatoms. The maximum absolute atomic E-state index is 12.8. The fourth-order valence-electron chi connectivity index (χ4n) is 3.56. The molecule has 0 bridgehead atoms. The summed E-state index contributed by atoms with van der Waals surface area (Å²) in [4.78, 5) is 27.3. The second-order valence-electron chi connectivity index (χ2n) is 6.73. The number of carbonyl (C=O) groups excluding carboxylic acids is 2. The third kappa shape index (κ3) is 4.01. The molecule has 3 rings (SSSR count). The Hall–Kier alpha value is -1.93. The highest BCUT2D eigenvalue weighted by molar-refractivity contribution is 5.89. The molecule has 2 saturated heterocycles. The maximum Gasteiger partial charge on any atom is 0.245 e. The summed E-state index contributed by atoms with van der Waals surface area (Å²) < 4.78 is 7.04. The zero-order valence-electron chi connectivity index (χ0n) is 14.9. The lowest BCUT2D eigenvalue weighted by Crippen LogP contribution is -2.52. The second-order valence-corrected chi connectivity index (χ2v) is 6.73. The Morgan fingerprint density at radius 2 is 2.16 bits per heavy atom. The van der Waals surface area contributed by atoms with Crippen LogP contribution >= 0.6 is 0 Å². The van der Waals surface area contributed by atoms with Crippen molar-refractivity contribution < 1.29 is 14.3 Å². The molecule has 2 aliphatic heterocycles. The van der Waals surface area contributed by atoms with Gasteiger partial charge in [0.2, 0.25) is 11.8 Å². The van der Waals surface area contributed by atoms with Crippen LogP contribution < -0.4 is 10.6 Å². The number of rotatable bonds is 5. The van der Waals surface area contributed by atoms with E-state index in [1.807, 2.05) is 26.4 Å². The number of nitrogens with one attached hydrogen (secondary N) is 2. The molecule has 138 valence electrons. The minimum absolute atomic E-state index is 0.0111. The largest absolute Gasteiger partial charge is 0.378 e. The number of aryl methyl sites for hydroxylation is 1. The molecule has 1 aromatic rings. The maximum atomic E-state index is 12.8. The van der Waals surface area contributed by atoms with Crippen LogP contribution in [0.1, 0.15) is 24.8 Å². The fraction of sp³-hybridized carbons (Fsp3) is 0.706. The molecule has 2 aliphatic rings. The van der Waals surface area contributed by atoms with Gasteiger partial charge in [0.1, 0.15) is 6.04 Å². The van der Waals surface area contributed by atoms with Crippen molar-refractivity contribution in [1.82, 2.24) is 25.3 Å². The third-order valence-electron chi connectivity index (χ3n) is 5.05. The van der Waals surface area contributed by atoms with Crippen molar-refractivity contribution in [3.63, 3.8) is 0 Å². The first-order valence-corrected chi connectivity index (χ1v) is 8.96. The van der Waals surface area contributed by atoms with E-state index in [2.05, 4.69) is 15.7 Å². The lowest BCUT2D eigenvalue weighted by molar-refractivity contribution is -0.140. The molecule has 3 heterocycles. The number of aromatic nitrogens is 2. The minimum atomic E-state index is -0.472. The average molecular weight is 349 g/mol. The molecule has 25 heavy (non-hydrogen) atoms. The van der Waals surface area contributed by atoms with Gasteiger partial charge in [0.15, 0.2) is 0 Å². The van der Waals surface area contributed by atoms with Gasteiger partial charge in [-0.3, -0.25) is 14.3 Å². The molecule has 0 spiro atoms. The lowest BCUT2D eigenvalue weighted by atomic mass is 9.90. The number of hydrogen-bond donors (Lipinski definition) is 2. The molecule has 1 unspecified atom stereocenters. The van der Waals surface area contributed by atoms with Gasteiger partial charge in [-0.2, -0.15) is 5.10 Å². The van der Waals surface area contributed by atoms with Crippen LogP contribution in [0.3, 0.4) is 0 Å². The minimum Gasteiger partial charge on any atom is -0.378 e. The van der Waals surface area contributed by atoms with E-state index in [1.165, 1.54) is 0 Å². The topological polar surface area (TPSA) is 88.5 Å². The molecule has 2 fully saturated rings. The van der Waals surface area contributed by atoms with E-state index in [4.69, 9.17) is 4.74 Å². The van der Waals surface area contributed by atoms with Crippen LogP contribution in [0.15, 0.2) is 12.4 Å². The molecule has 3 atom stereocenters. The first kappa shape index (κ1) is 17.9. The highest BCUT2D eigenvalue weighted by Gasteiger charge is 2.36. The summed E-state index contributed by atoms with van der Waals surface area (Å²) in [5, 5.41) is 10.5. The Morgan fingerprint density at radius 1 is 1.40 bits per heavy atom. The Kier molecular flexibility index (Phi) is 5.70. The second kappa shape index (κ2) is 7.97. The van der Waals surface area contributed by atoms with Gasteiger partial charge >= 0.3 is 0 Å². The number of carbonyl (C=O) groups is 2. The van der Waals surface area contributed by atoms with E-state index in [1.54, 1.807) is 9.58 Å². The van der Waals surface area contributed by atoms with Crippen LogP contribution in [-0.2, 0) is 21.4 Å². The smallest absolute Gasteiger partial charge is 0.245 e. The Bertz CT molecular complexity index is 611. The number of hydrogen-bond acceptors (Lipinski definition) is 5. The summed E-state index contributed by atoms with van der Waals surface area (Å²) in [6, 6.07) is -0.472. The molecular weight excluding hydrogens is 322 g/mol. The van der Waals surface area contributed by atoms with Crippen LogP contribution in [0.2, 0.25) is 0 Å². The zero-order chi connectivity index (χ0) is 17.8. The summed E-state index contributed by atoms with van der Waals surface area (Å²) in [6.07, 6.45) is 4.35. The quantitative estimate of drug-likeness (QED) is 0.747. The van der Waals surface area contributed by atoms with E-state index in [0.717, 1.165) is 12.1 Å². The SMILES string of the molecule is CCC(NC(=O)[C@H]1CNC[C@@H]1c1cnn(C)c1)C(=O)N1CCOCC1. The van der Waals surface area contributed by atoms with Crippen molar-refractivity contribution in [2.75, 3.05) is 39.4 Å². The van der Waals surface area contributed by atoms with Crippen LogP contribution in [0.5, 0.6) is 0 Å². The van der Waals surface area contributed by atoms with E-state index < -0.39 is 6.04 Å². The molecule has 0 saturated carbocycles. The predicted octanol–water partition coefficient (Wildman–Crippen LogP) is -0.523. The first-order chi connectivity index (χ1) is 12.1. The average Bonchev–Trinajstić information content (AvgIpc) is 3.28. The monoisotopic (exact) mass is 349 g/mol. The van der Waals surface area contributed by atoms with Gasteiger partial charge < -0.3 is 20.3 Å². The van der Waals surface area contributed by atoms with Crippen molar-refractivity contribution in [1.29, 1.82) is 0 Å². The molecule has 8 nitrogen and oxygen atoms in total.